The van der Waals surface area contributed by atoms with Crippen LogP contribution in [0.3, 0.4) is 0 Å². The SMILES string of the molecule is CN(C(=O)Cn1c(CCCCCNC(=O)Cc2ccccc2)nc2ccccc21)c1ccccc1. The van der Waals surface area contributed by atoms with E-state index >= 15 is 0 Å². The molecular weight excluding hydrogens is 436 g/mol. The van der Waals surface area contributed by atoms with Crippen LogP contribution >= 0.6 is 0 Å². The van der Waals surface area contributed by atoms with Crippen LogP contribution < -0.4 is 10.2 Å². The highest BCUT2D eigenvalue weighted by Crippen LogP contribution is 2.19. The number of rotatable bonds is 11. The number of benzene rings is 3. The third-order valence-electron chi connectivity index (χ3n) is 6.15. The Bertz CT molecular complexity index is 1250. The number of carbonyl (C=O) groups is 2. The molecule has 0 aliphatic carbocycles. The normalized spacial score (nSPS) is 10.9. The van der Waals surface area contributed by atoms with E-state index in [1.54, 1.807) is 4.90 Å². The fourth-order valence-electron chi connectivity index (χ4n) is 4.19. The third kappa shape index (κ3) is 6.57. The summed E-state index contributed by atoms with van der Waals surface area (Å²) in [6.45, 7) is 0.916. The summed E-state index contributed by atoms with van der Waals surface area (Å²) in [5, 5.41) is 3.01. The van der Waals surface area contributed by atoms with E-state index in [-0.39, 0.29) is 18.4 Å². The molecule has 1 N–H and O–H groups in total. The van der Waals surface area contributed by atoms with Crippen LogP contribution in [0.15, 0.2) is 84.9 Å². The van der Waals surface area contributed by atoms with Gasteiger partial charge in [0.25, 0.3) is 0 Å². The van der Waals surface area contributed by atoms with Gasteiger partial charge in [-0.15, -0.1) is 0 Å². The Kier molecular flexibility index (Phi) is 8.28. The van der Waals surface area contributed by atoms with Crippen molar-refractivity contribution >= 4 is 28.5 Å². The number of unbranched alkanes of at least 4 members (excludes halogenated alkanes) is 2. The Labute approximate surface area is 206 Å². The number of carbonyl (C=O) groups excluding carboxylic acids is 2. The van der Waals surface area contributed by atoms with Crippen LogP contribution in [-0.4, -0.2) is 35.0 Å². The molecule has 180 valence electrons. The lowest BCUT2D eigenvalue weighted by molar-refractivity contribution is -0.120. The van der Waals surface area contributed by atoms with Crippen molar-refractivity contribution in [1.29, 1.82) is 0 Å². The maximum atomic E-state index is 13.1. The van der Waals surface area contributed by atoms with Crippen LogP contribution in [0.1, 0.15) is 30.7 Å². The Morgan fingerprint density at radius 3 is 2.31 bits per heavy atom. The Hall–Kier alpha value is -3.93. The van der Waals surface area contributed by atoms with E-state index in [9.17, 15) is 9.59 Å². The van der Waals surface area contributed by atoms with Gasteiger partial charge >= 0.3 is 0 Å². The van der Waals surface area contributed by atoms with Gasteiger partial charge in [-0.2, -0.15) is 0 Å². The van der Waals surface area contributed by atoms with E-state index in [0.717, 1.165) is 53.8 Å². The van der Waals surface area contributed by atoms with Gasteiger partial charge in [0.15, 0.2) is 0 Å². The van der Waals surface area contributed by atoms with E-state index < -0.39 is 0 Å². The molecule has 0 radical (unpaired) electrons. The summed E-state index contributed by atoms with van der Waals surface area (Å²) in [7, 11) is 1.81. The molecule has 0 aliphatic rings. The third-order valence-corrected chi connectivity index (χ3v) is 6.15. The molecule has 4 aromatic rings. The maximum Gasteiger partial charge on any atom is 0.246 e. The first kappa shape index (κ1) is 24.2. The van der Waals surface area contributed by atoms with Crippen molar-refractivity contribution in [2.45, 2.75) is 38.6 Å². The molecule has 1 heterocycles. The molecule has 1 aromatic heterocycles. The number of aromatic nitrogens is 2. The molecule has 0 saturated heterocycles. The second-order valence-corrected chi connectivity index (χ2v) is 8.71. The number of likely N-dealkylation sites (N-methyl/N-ethyl adjacent to an activating group) is 1. The highest BCUT2D eigenvalue weighted by atomic mass is 16.2. The minimum Gasteiger partial charge on any atom is -0.356 e. The first-order chi connectivity index (χ1) is 17.1. The van der Waals surface area contributed by atoms with Crippen LogP contribution in [0.2, 0.25) is 0 Å². The number of hydrogen-bond donors (Lipinski definition) is 1. The van der Waals surface area contributed by atoms with Gasteiger partial charge in [0.1, 0.15) is 12.4 Å². The first-order valence-electron chi connectivity index (χ1n) is 12.2. The van der Waals surface area contributed by atoms with E-state index in [4.69, 9.17) is 4.98 Å². The number of amides is 2. The number of anilines is 1. The number of para-hydroxylation sites is 3. The molecule has 6 nitrogen and oxygen atoms in total. The molecule has 0 spiro atoms. The molecule has 35 heavy (non-hydrogen) atoms. The number of nitrogens with one attached hydrogen (secondary N) is 1. The molecule has 6 heteroatoms. The van der Waals surface area contributed by atoms with Gasteiger partial charge in [-0.1, -0.05) is 67.1 Å². The van der Waals surface area contributed by atoms with Crippen molar-refractivity contribution in [3.05, 3.63) is 96.3 Å². The lowest BCUT2D eigenvalue weighted by atomic mass is 10.1. The van der Waals surface area contributed by atoms with Crippen LogP contribution in [-0.2, 0) is 29.0 Å². The van der Waals surface area contributed by atoms with Crippen molar-refractivity contribution in [3.63, 3.8) is 0 Å². The zero-order valence-electron chi connectivity index (χ0n) is 20.2. The summed E-state index contributed by atoms with van der Waals surface area (Å²) >= 11 is 0. The van der Waals surface area contributed by atoms with Crippen LogP contribution in [0.4, 0.5) is 5.69 Å². The second-order valence-electron chi connectivity index (χ2n) is 8.71. The number of nitrogens with zero attached hydrogens (tertiary/aromatic N) is 3. The smallest absolute Gasteiger partial charge is 0.246 e. The van der Waals surface area contributed by atoms with Gasteiger partial charge in [-0.05, 0) is 42.7 Å². The molecule has 0 saturated carbocycles. The predicted molar refractivity (Wildman–Crippen MR) is 140 cm³/mol. The Morgan fingerprint density at radius 2 is 1.54 bits per heavy atom. The minimum absolute atomic E-state index is 0.0155. The zero-order chi connectivity index (χ0) is 24.5. The van der Waals surface area contributed by atoms with Crippen LogP contribution in [0.25, 0.3) is 11.0 Å². The quantitative estimate of drug-likeness (QED) is 0.323. The largest absolute Gasteiger partial charge is 0.356 e. The fraction of sp³-hybridized carbons (Fsp3) is 0.276. The lowest BCUT2D eigenvalue weighted by Gasteiger charge is -2.18. The van der Waals surface area contributed by atoms with Crippen molar-refractivity contribution in [2.75, 3.05) is 18.5 Å². The van der Waals surface area contributed by atoms with Gasteiger partial charge in [0.2, 0.25) is 11.8 Å². The summed E-state index contributed by atoms with van der Waals surface area (Å²) in [6, 6.07) is 27.4. The average molecular weight is 469 g/mol. The first-order valence-corrected chi connectivity index (χ1v) is 12.2. The summed E-state index contributed by atoms with van der Waals surface area (Å²) in [6.07, 6.45) is 4.04. The maximum absolute atomic E-state index is 13.1. The molecule has 0 fully saturated rings. The highest BCUT2D eigenvalue weighted by molar-refractivity contribution is 5.93. The summed E-state index contributed by atoms with van der Waals surface area (Å²) < 4.78 is 2.04. The van der Waals surface area contributed by atoms with Crippen molar-refractivity contribution < 1.29 is 9.59 Å². The summed E-state index contributed by atoms with van der Waals surface area (Å²) in [5.74, 6) is 0.995. The molecule has 0 atom stereocenters. The Morgan fingerprint density at radius 1 is 0.857 bits per heavy atom. The number of hydrogen-bond acceptors (Lipinski definition) is 3. The number of fused-ring (bicyclic) bond motifs is 1. The van der Waals surface area contributed by atoms with Gasteiger partial charge < -0.3 is 14.8 Å². The van der Waals surface area contributed by atoms with E-state index in [1.807, 2.05) is 96.5 Å². The molecule has 0 aliphatic heterocycles. The lowest BCUT2D eigenvalue weighted by Crippen LogP contribution is -2.30. The minimum atomic E-state index is 0.0155. The molecular formula is C29H32N4O2. The average Bonchev–Trinajstić information content (AvgIpc) is 3.23. The fourth-order valence-corrected chi connectivity index (χ4v) is 4.19. The van der Waals surface area contributed by atoms with Crippen molar-refractivity contribution in [1.82, 2.24) is 14.9 Å². The monoisotopic (exact) mass is 468 g/mol. The van der Waals surface area contributed by atoms with Crippen molar-refractivity contribution in [3.8, 4) is 0 Å². The second kappa shape index (κ2) is 12.0. The van der Waals surface area contributed by atoms with E-state index in [2.05, 4.69) is 5.32 Å². The molecule has 3 aromatic carbocycles. The van der Waals surface area contributed by atoms with Gasteiger partial charge in [0.05, 0.1) is 17.5 Å². The Balaban J connectivity index is 1.30. The highest BCUT2D eigenvalue weighted by Gasteiger charge is 2.17. The molecule has 0 bridgehead atoms. The van der Waals surface area contributed by atoms with Gasteiger partial charge in [-0.3, -0.25) is 9.59 Å². The standard InChI is InChI=1S/C29H32N4O2/c1-32(24-15-7-3-8-16-24)29(35)22-33-26-18-11-10-17-25(26)31-27(33)19-9-4-12-20-30-28(34)21-23-13-5-2-6-14-23/h2-3,5-8,10-11,13-18H,4,9,12,19-22H2,1H3,(H,30,34). The van der Waals surface area contributed by atoms with E-state index in [0.29, 0.717) is 13.0 Å². The molecule has 4 rings (SSSR count). The topological polar surface area (TPSA) is 67.2 Å². The summed E-state index contributed by atoms with van der Waals surface area (Å²) in [5.41, 5.74) is 3.78. The molecule has 2 amide bonds. The number of imidazole rings is 1. The number of aryl methyl sites for hydroxylation is 1. The van der Waals surface area contributed by atoms with E-state index in [1.165, 1.54) is 0 Å². The van der Waals surface area contributed by atoms with Gasteiger partial charge in [-0.25, -0.2) is 4.98 Å². The van der Waals surface area contributed by atoms with Crippen molar-refractivity contribution in [2.24, 2.45) is 0 Å². The van der Waals surface area contributed by atoms with Gasteiger partial charge in [0, 0.05) is 25.7 Å². The molecule has 0 unspecified atom stereocenters. The van der Waals surface area contributed by atoms with Crippen LogP contribution in [0, 0.1) is 0 Å². The summed E-state index contributed by atoms with van der Waals surface area (Å²) in [4.78, 5) is 31.7. The van der Waals surface area contributed by atoms with Crippen LogP contribution in [0.5, 0.6) is 0 Å². The predicted octanol–water partition coefficient (Wildman–Crippen LogP) is 4.77. The zero-order valence-corrected chi connectivity index (χ0v) is 20.2.